The minimum absolute atomic E-state index is 0.0218. The molecule has 5 nitrogen and oxygen atoms in total. The van der Waals surface area contributed by atoms with Crippen molar-refractivity contribution in [2.75, 3.05) is 53.7 Å². The molecule has 0 aromatic rings. The Balaban J connectivity index is 2.76. The first kappa shape index (κ1) is 17.9. The zero-order valence-electron chi connectivity index (χ0n) is 13.6. The summed E-state index contributed by atoms with van der Waals surface area (Å²) in [4.78, 5) is 2.49. The van der Waals surface area contributed by atoms with Crippen LogP contribution in [0.3, 0.4) is 0 Å². The van der Waals surface area contributed by atoms with E-state index in [0.29, 0.717) is 6.54 Å². The Morgan fingerprint density at radius 1 is 1.15 bits per heavy atom. The van der Waals surface area contributed by atoms with E-state index >= 15 is 0 Å². The van der Waals surface area contributed by atoms with Gasteiger partial charge in [-0.2, -0.15) is 0 Å². The van der Waals surface area contributed by atoms with Crippen LogP contribution in [0.2, 0.25) is 0 Å². The lowest BCUT2D eigenvalue weighted by Crippen LogP contribution is -2.61. The molecule has 1 aliphatic rings. The maximum absolute atomic E-state index is 6.17. The van der Waals surface area contributed by atoms with Gasteiger partial charge in [0, 0.05) is 52.6 Å². The van der Waals surface area contributed by atoms with Gasteiger partial charge in [-0.1, -0.05) is 0 Å². The Kier molecular flexibility index (Phi) is 7.40. The summed E-state index contributed by atoms with van der Waals surface area (Å²) in [6, 6.07) is 0. The molecule has 0 aliphatic carbocycles. The minimum Gasteiger partial charge on any atom is -0.385 e. The highest BCUT2D eigenvalue weighted by atomic mass is 16.5. The van der Waals surface area contributed by atoms with E-state index in [1.807, 2.05) is 0 Å². The van der Waals surface area contributed by atoms with Crippen LogP contribution in [0, 0.1) is 0 Å². The van der Waals surface area contributed by atoms with Gasteiger partial charge in [-0.05, 0) is 33.1 Å². The van der Waals surface area contributed by atoms with E-state index in [1.165, 1.54) is 0 Å². The third kappa shape index (κ3) is 4.97. The zero-order valence-corrected chi connectivity index (χ0v) is 13.6. The molecule has 1 aliphatic heterocycles. The van der Waals surface area contributed by atoms with Crippen molar-refractivity contribution < 1.29 is 14.2 Å². The summed E-state index contributed by atoms with van der Waals surface area (Å²) in [6.45, 7) is 9.16. The van der Waals surface area contributed by atoms with Crippen molar-refractivity contribution in [3.8, 4) is 0 Å². The molecule has 0 saturated carbocycles. The standard InChI is InChI=1S/C15H32N2O3/c1-14(2)12-15(13-16,6-10-20-14)17(8-11-19-4)7-5-9-18-3/h5-13,16H2,1-4H3. The van der Waals surface area contributed by atoms with Crippen LogP contribution < -0.4 is 5.73 Å². The quantitative estimate of drug-likeness (QED) is 0.647. The van der Waals surface area contributed by atoms with E-state index in [-0.39, 0.29) is 11.1 Å². The fraction of sp³-hybridized carbons (Fsp3) is 1.00. The molecule has 0 aromatic heterocycles. The predicted octanol–water partition coefficient (Wildman–Crippen LogP) is 1.26. The maximum Gasteiger partial charge on any atom is 0.0644 e. The van der Waals surface area contributed by atoms with Gasteiger partial charge in [0.2, 0.25) is 0 Å². The second-order valence-electron chi connectivity index (χ2n) is 6.29. The highest BCUT2D eigenvalue weighted by molar-refractivity contribution is 4.99. The molecule has 1 heterocycles. The molecule has 0 aromatic carbocycles. The smallest absolute Gasteiger partial charge is 0.0644 e. The number of ether oxygens (including phenoxy) is 3. The van der Waals surface area contributed by atoms with Gasteiger partial charge in [0.25, 0.3) is 0 Å². The average molecular weight is 288 g/mol. The largest absolute Gasteiger partial charge is 0.385 e. The summed E-state index contributed by atoms with van der Waals surface area (Å²) in [7, 11) is 3.49. The third-order valence-electron chi connectivity index (χ3n) is 4.21. The molecule has 0 bridgehead atoms. The summed E-state index contributed by atoms with van der Waals surface area (Å²) in [6.07, 6.45) is 2.97. The van der Waals surface area contributed by atoms with Crippen molar-refractivity contribution in [3.63, 3.8) is 0 Å². The fourth-order valence-electron chi connectivity index (χ4n) is 3.21. The molecule has 1 saturated heterocycles. The number of nitrogens with zero attached hydrogens (tertiary/aromatic N) is 1. The van der Waals surface area contributed by atoms with Crippen LogP contribution in [-0.2, 0) is 14.2 Å². The highest BCUT2D eigenvalue weighted by Crippen LogP contribution is 2.35. The normalized spacial score (nSPS) is 26.1. The third-order valence-corrected chi connectivity index (χ3v) is 4.21. The van der Waals surface area contributed by atoms with Crippen LogP contribution in [0.25, 0.3) is 0 Å². The topological polar surface area (TPSA) is 57.0 Å². The lowest BCUT2D eigenvalue weighted by molar-refractivity contribution is -0.121. The van der Waals surface area contributed by atoms with E-state index < -0.39 is 0 Å². The first-order valence-corrected chi connectivity index (χ1v) is 7.57. The van der Waals surface area contributed by atoms with Crippen molar-refractivity contribution in [1.29, 1.82) is 0 Å². The Labute approximate surface area is 123 Å². The van der Waals surface area contributed by atoms with E-state index in [9.17, 15) is 0 Å². The number of hydrogen-bond donors (Lipinski definition) is 1. The molecular formula is C15H32N2O3. The number of methoxy groups -OCH3 is 2. The Morgan fingerprint density at radius 2 is 1.85 bits per heavy atom. The van der Waals surface area contributed by atoms with Gasteiger partial charge in [0.05, 0.1) is 12.2 Å². The Bertz CT molecular complexity index is 274. The summed E-state index contributed by atoms with van der Waals surface area (Å²) < 4.78 is 16.3. The molecule has 1 rings (SSSR count). The van der Waals surface area contributed by atoms with E-state index in [1.54, 1.807) is 14.2 Å². The molecule has 5 heteroatoms. The van der Waals surface area contributed by atoms with Gasteiger partial charge < -0.3 is 19.9 Å². The lowest BCUT2D eigenvalue weighted by atomic mass is 9.79. The van der Waals surface area contributed by atoms with Crippen molar-refractivity contribution >= 4 is 0 Å². The van der Waals surface area contributed by atoms with Crippen LogP contribution in [-0.4, -0.2) is 69.7 Å². The molecule has 0 spiro atoms. The SMILES string of the molecule is COCCCN(CCOC)C1(CN)CCOC(C)(C)C1. The van der Waals surface area contributed by atoms with Gasteiger partial charge in [0.15, 0.2) is 0 Å². The van der Waals surface area contributed by atoms with Crippen LogP contribution in [0.1, 0.15) is 33.1 Å². The highest BCUT2D eigenvalue weighted by Gasteiger charge is 2.43. The van der Waals surface area contributed by atoms with Gasteiger partial charge in [-0.3, -0.25) is 4.90 Å². The van der Waals surface area contributed by atoms with Crippen molar-refractivity contribution in [3.05, 3.63) is 0 Å². The molecule has 0 amide bonds. The van der Waals surface area contributed by atoms with Crippen LogP contribution in [0.4, 0.5) is 0 Å². The van der Waals surface area contributed by atoms with Gasteiger partial charge in [-0.15, -0.1) is 0 Å². The van der Waals surface area contributed by atoms with Gasteiger partial charge in [-0.25, -0.2) is 0 Å². The molecule has 2 N–H and O–H groups in total. The molecule has 20 heavy (non-hydrogen) atoms. The predicted molar refractivity (Wildman–Crippen MR) is 81.0 cm³/mol. The summed E-state index contributed by atoms with van der Waals surface area (Å²) in [5.74, 6) is 0. The molecule has 1 atom stereocenters. The molecule has 120 valence electrons. The minimum atomic E-state index is -0.107. The average Bonchev–Trinajstić information content (AvgIpc) is 2.41. The van der Waals surface area contributed by atoms with Crippen LogP contribution in [0.5, 0.6) is 0 Å². The molecule has 0 radical (unpaired) electrons. The first-order chi connectivity index (χ1) is 9.49. The van der Waals surface area contributed by atoms with E-state index in [0.717, 1.165) is 52.2 Å². The molecular weight excluding hydrogens is 256 g/mol. The summed E-state index contributed by atoms with van der Waals surface area (Å²) >= 11 is 0. The second kappa shape index (κ2) is 8.29. The first-order valence-electron chi connectivity index (χ1n) is 7.57. The number of rotatable bonds is 9. The van der Waals surface area contributed by atoms with Gasteiger partial charge in [0.1, 0.15) is 0 Å². The lowest BCUT2D eigenvalue weighted by Gasteiger charge is -2.50. The molecule has 1 unspecified atom stereocenters. The fourth-order valence-corrected chi connectivity index (χ4v) is 3.21. The number of nitrogens with two attached hydrogens (primary N) is 1. The zero-order chi connectivity index (χ0) is 15.1. The summed E-state index contributed by atoms with van der Waals surface area (Å²) in [5, 5.41) is 0. The Morgan fingerprint density at radius 3 is 2.40 bits per heavy atom. The van der Waals surface area contributed by atoms with Gasteiger partial charge >= 0.3 is 0 Å². The van der Waals surface area contributed by atoms with Crippen LogP contribution in [0.15, 0.2) is 0 Å². The number of hydrogen-bond acceptors (Lipinski definition) is 5. The summed E-state index contributed by atoms with van der Waals surface area (Å²) in [5.41, 5.74) is 6.08. The van der Waals surface area contributed by atoms with Crippen molar-refractivity contribution in [1.82, 2.24) is 4.90 Å². The molecule has 1 fully saturated rings. The van der Waals surface area contributed by atoms with Crippen LogP contribution >= 0.6 is 0 Å². The second-order valence-corrected chi connectivity index (χ2v) is 6.29. The van der Waals surface area contributed by atoms with E-state index in [4.69, 9.17) is 19.9 Å². The van der Waals surface area contributed by atoms with Crippen molar-refractivity contribution in [2.24, 2.45) is 5.73 Å². The maximum atomic E-state index is 6.17. The van der Waals surface area contributed by atoms with E-state index in [2.05, 4.69) is 18.7 Å². The van der Waals surface area contributed by atoms with Crippen molar-refractivity contribution in [2.45, 2.75) is 44.2 Å². The monoisotopic (exact) mass is 288 g/mol. The Hall–Kier alpha value is -0.200.